The summed E-state index contributed by atoms with van der Waals surface area (Å²) in [6.07, 6.45) is 2.12. The third kappa shape index (κ3) is 3.67. The van der Waals surface area contributed by atoms with E-state index in [-0.39, 0.29) is 5.97 Å². The quantitative estimate of drug-likeness (QED) is 0.813. The van der Waals surface area contributed by atoms with Gasteiger partial charge in [-0.3, -0.25) is 0 Å². The van der Waals surface area contributed by atoms with Crippen molar-refractivity contribution in [3.8, 4) is 0 Å². The summed E-state index contributed by atoms with van der Waals surface area (Å²) >= 11 is 6.91. The molecule has 0 spiro atoms. The van der Waals surface area contributed by atoms with Crippen LogP contribution in [0.25, 0.3) is 0 Å². The van der Waals surface area contributed by atoms with Gasteiger partial charge in [-0.25, -0.2) is 9.78 Å². The molecule has 6 heteroatoms. The van der Waals surface area contributed by atoms with E-state index in [4.69, 9.17) is 4.74 Å². The molecule has 0 saturated heterocycles. The maximum Gasteiger partial charge on any atom is 0.356 e. The zero-order chi connectivity index (χ0) is 13.8. The van der Waals surface area contributed by atoms with Gasteiger partial charge in [0.2, 0.25) is 0 Å². The number of halogens is 2. The molecule has 0 unspecified atom stereocenters. The van der Waals surface area contributed by atoms with E-state index in [1.165, 1.54) is 6.20 Å². The monoisotopic (exact) mass is 386 g/mol. The number of imidazole rings is 1. The van der Waals surface area contributed by atoms with Gasteiger partial charge in [-0.15, -0.1) is 0 Å². The van der Waals surface area contributed by atoms with Crippen molar-refractivity contribution in [2.45, 2.75) is 13.3 Å². The molecule has 2 rings (SSSR count). The Bertz CT molecular complexity index is 596. The smallest absolute Gasteiger partial charge is 0.356 e. The third-order valence-corrected chi connectivity index (χ3v) is 3.73. The number of rotatable bonds is 4. The van der Waals surface area contributed by atoms with E-state index in [0.717, 1.165) is 20.3 Å². The molecular weight excluding hydrogens is 376 g/mol. The van der Waals surface area contributed by atoms with Gasteiger partial charge < -0.3 is 9.72 Å². The van der Waals surface area contributed by atoms with Crippen molar-refractivity contribution in [1.29, 1.82) is 0 Å². The number of aromatic nitrogens is 2. The number of hydrogen-bond donors (Lipinski definition) is 1. The lowest BCUT2D eigenvalue weighted by atomic mass is 10.1. The van der Waals surface area contributed by atoms with Crippen LogP contribution < -0.4 is 0 Å². The second-order valence-corrected chi connectivity index (χ2v) is 5.65. The van der Waals surface area contributed by atoms with Gasteiger partial charge in [0.1, 0.15) is 11.5 Å². The molecular formula is C13H12Br2N2O2. The first-order chi connectivity index (χ1) is 9.10. The highest BCUT2D eigenvalue weighted by atomic mass is 79.9. The Morgan fingerprint density at radius 3 is 2.89 bits per heavy atom. The van der Waals surface area contributed by atoms with Crippen molar-refractivity contribution in [2.24, 2.45) is 0 Å². The van der Waals surface area contributed by atoms with Crippen LogP contribution in [0.1, 0.15) is 28.8 Å². The molecule has 0 atom stereocenters. The van der Waals surface area contributed by atoms with Crippen LogP contribution in [0.5, 0.6) is 0 Å². The van der Waals surface area contributed by atoms with Crippen LogP contribution in [0.15, 0.2) is 33.3 Å². The second kappa shape index (κ2) is 6.34. The first-order valence-electron chi connectivity index (χ1n) is 5.75. The Hall–Kier alpha value is -1.14. The van der Waals surface area contributed by atoms with Crippen LogP contribution in [0, 0.1) is 0 Å². The molecule has 0 saturated carbocycles. The summed E-state index contributed by atoms with van der Waals surface area (Å²) in [5.41, 5.74) is 1.47. The molecule has 0 bridgehead atoms. The molecule has 1 N–H and O–H groups in total. The molecule has 1 aromatic carbocycles. The van der Waals surface area contributed by atoms with Crippen molar-refractivity contribution >= 4 is 37.8 Å². The molecule has 4 nitrogen and oxygen atoms in total. The van der Waals surface area contributed by atoms with E-state index < -0.39 is 0 Å². The van der Waals surface area contributed by atoms with Crippen LogP contribution in [0.3, 0.4) is 0 Å². The summed E-state index contributed by atoms with van der Waals surface area (Å²) in [6.45, 7) is 2.12. The highest BCUT2D eigenvalue weighted by Gasteiger charge is 2.11. The predicted octanol–water partition coefficient (Wildman–Crippen LogP) is 3.70. The highest BCUT2D eigenvalue weighted by Crippen LogP contribution is 2.23. The number of hydrogen-bond acceptors (Lipinski definition) is 3. The van der Waals surface area contributed by atoms with Crippen molar-refractivity contribution in [1.82, 2.24) is 9.97 Å². The minimum atomic E-state index is -0.379. The summed E-state index contributed by atoms with van der Waals surface area (Å²) in [7, 11) is 0. The SMILES string of the molecule is CCOC(=O)c1cnc(Cc2ccc(Br)cc2Br)[nH]1. The number of aromatic amines is 1. The third-order valence-electron chi connectivity index (χ3n) is 2.50. The topological polar surface area (TPSA) is 55.0 Å². The van der Waals surface area contributed by atoms with Gasteiger partial charge in [0.25, 0.3) is 0 Å². The Morgan fingerprint density at radius 2 is 2.21 bits per heavy atom. The number of esters is 1. The predicted molar refractivity (Wildman–Crippen MR) is 79.2 cm³/mol. The Balaban J connectivity index is 2.13. The van der Waals surface area contributed by atoms with Gasteiger partial charge >= 0.3 is 5.97 Å². The van der Waals surface area contributed by atoms with Crippen molar-refractivity contribution < 1.29 is 9.53 Å². The second-order valence-electron chi connectivity index (χ2n) is 3.88. The zero-order valence-corrected chi connectivity index (χ0v) is 13.4. The van der Waals surface area contributed by atoms with E-state index in [2.05, 4.69) is 41.8 Å². The van der Waals surface area contributed by atoms with Crippen LogP contribution >= 0.6 is 31.9 Å². The van der Waals surface area contributed by atoms with E-state index >= 15 is 0 Å². The maximum absolute atomic E-state index is 11.5. The number of benzene rings is 1. The minimum Gasteiger partial charge on any atom is -0.461 e. The van der Waals surface area contributed by atoms with E-state index in [9.17, 15) is 4.79 Å². The summed E-state index contributed by atoms with van der Waals surface area (Å²) in [6, 6.07) is 5.94. The summed E-state index contributed by atoms with van der Waals surface area (Å²) < 4.78 is 6.91. The lowest BCUT2D eigenvalue weighted by Crippen LogP contribution is -2.05. The van der Waals surface area contributed by atoms with E-state index in [1.54, 1.807) is 6.92 Å². The number of nitrogens with one attached hydrogen (secondary N) is 1. The Labute approximate surface area is 127 Å². The van der Waals surface area contributed by atoms with Crippen LogP contribution in [-0.4, -0.2) is 22.5 Å². The number of ether oxygens (including phenoxy) is 1. The molecule has 0 aliphatic rings. The van der Waals surface area contributed by atoms with Crippen LogP contribution in [0.4, 0.5) is 0 Å². The van der Waals surface area contributed by atoms with Crippen molar-refractivity contribution in [3.63, 3.8) is 0 Å². The fraction of sp³-hybridized carbons (Fsp3) is 0.231. The molecule has 1 aromatic heterocycles. The van der Waals surface area contributed by atoms with Gasteiger partial charge in [-0.1, -0.05) is 37.9 Å². The first-order valence-corrected chi connectivity index (χ1v) is 7.33. The Morgan fingerprint density at radius 1 is 1.42 bits per heavy atom. The average Bonchev–Trinajstić information content (AvgIpc) is 2.82. The van der Waals surface area contributed by atoms with Crippen LogP contribution in [-0.2, 0) is 11.2 Å². The molecule has 100 valence electrons. The molecule has 0 amide bonds. The molecule has 0 radical (unpaired) electrons. The van der Waals surface area contributed by atoms with Crippen molar-refractivity contribution in [3.05, 3.63) is 50.4 Å². The number of nitrogens with zero attached hydrogens (tertiary/aromatic N) is 1. The standard InChI is InChI=1S/C13H12Br2N2O2/c1-2-19-13(18)11-7-16-12(17-11)5-8-3-4-9(14)6-10(8)15/h3-4,6-7H,2,5H2,1H3,(H,16,17). The lowest BCUT2D eigenvalue weighted by molar-refractivity contribution is 0.0520. The number of H-pyrrole nitrogens is 1. The molecule has 1 heterocycles. The Kier molecular flexibility index (Phi) is 4.76. The van der Waals surface area contributed by atoms with E-state index in [0.29, 0.717) is 18.7 Å². The average molecular weight is 388 g/mol. The van der Waals surface area contributed by atoms with Gasteiger partial charge in [-0.05, 0) is 24.6 Å². The minimum absolute atomic E-state index is 0.353. The fourth-order valence-electron chi connectivity index (χ4n) is 1.61. The van der Waals surface area contributed by atoms with Gasteiger partial charge in [0, 0.05) is 15.4 Å². The summed E-state index contributed by atoms with van der Waals surface area (Å²) in [5, 5.41) is 0. The maximum atomic E-state index is 11.5. The summed E-state index contributed by atoms with van der Waals surface area (Å²) in [5.74, 6) is 0.349. The number of carbonyl (C=O) groups excluding carboxylic acids is 1. The normalized spacial score (nSPS) is 10.5. The molecule has 0 aliphatic carbocycles. The lowest BCUT2D eigenvalue weighted by Gasteiger charge is -2.03. The van der Waals surface area contributed by atoms with Gasteiger partial charge in [-0.2, -0.15) is 0 Å². The van der Waals surface area contributed by atoms with Gasteiger partial charge in [0.15, 0.2) is 0 Å². The number of carbonyl (C=O) groups is 1. The van der Waals surface area contributed by atoms with Gasteiger partial charge in [0.05, 0.1) is 12.8 Å². The fourth-order valence-corrected chi connectivity index (χ4v) is 2.80. The molecule has 19 heavy (non-hydrogen) atoms. The molecule has 2 aromatic rings. The highest BCUT2D eigenvalue weighted by molar-refractivity contribution is 9.11. The first kappa shape index (κ1) is 14.3. The zero-order valence-electron chi connectivity index (χ0n) is 10.2. The van der Waals surface area contributed by atoms with Crippen LogP contribution in [0.2, 0.25) is 0 Å². The van der Waals surface area contributed by atoms with E-state index in [1.807, 2.05) is 18.2 Å². The molecule has 0 aliphatic heterocycles. The molecule has 0 fully saturated rings. The summed E-state index contributed by atoms with van der Waals surface area (Å²) in [4.78, 5) is 18.7. The van der Waals surface area contributed by atoms with Crippen molar-refractivity contribution in [2.75, 3.05) is 6.61 Å². The largest absolute Gasteiger partial charge is 0.461 e.